The van der Waals surface area contributed by atoms with E-state index in [9.17, 15) is 22.4 Å². The molecular weight excluding hydrogens is 460 g/mol. The van der Waals surface area contributed by atoms with Gasteiger partial charge >= 0.3 is 18.2 Å². The van der Waals surface area contributed by atoms with E-state index >= 15 is 0 Å². The van der Waals surface area contributed by atoms with Gasteiger partial charge in [-0.1, -0.05) is 18.2 Å². The maximum Gasteiger partial charge on any atom is 0.490 e. The van der Waals surface area contributed by atoms with Gasteiger partial charge in [0.1, 0.15) is 11.6 Å². The van der Waals surface area contributed by atoms with E-state index in [1.54, 1.807) is 36.5 Å². The van der Waals surface area contributed by atoms with E-state index in [-0.39, 0.29) is 11.7 Å². The predicted molar refractivity (Wildman–Crippen MR) is 116 cm³/mol. The Labute approximate surface area is 192 Å². The Morgan fingerprint density at radius 1 is 1.18 bits per heavy atom. The number of urea groups is 1. The molecule has 0 unspecified atom stereocenters. The number of carboxylic acid groups (broad SMARTS) is 1. The van der Waals surface area contributed by atoms with Crippen molar-refractivity contribution in [2.24, 2.45) is 0 Å². The van der Waals surface area contributed by atoms with Gasteiger partial charge in [-0.15, -0.1) is 0 Å². The van der Waals surface area contributed by atoms with E-state index in [1.807, 2.05) is 31.2 Å². The fourth-order valence-electron chi connectivity index (χ4n) is 2.72. The van der Waals surface area contributed by atoms with Crippen LogP contribution < -0.4 is 10.1 Å². The average Bonchev–Trinajstić information content (AvgIpc) is 3.33. The number of nitrogens with zero attached hydrogens (tertiary/aromatic N) is 2. The van der Waals surface area contributed by atoms with Gasteiger partial charge in [-0.3, -0.25) is 5.10 Å². The Morgan fingerprint density at radius 3 is 2.41 bits per heavy atom. The Bertz CT molecular complexity index is 1100. The van der Waals surface area contributed by atoms with Gasteiger partial charge in [-0.05, 0) is 42.3 Å². The van der Waals surface area contributed by atoms with Crippen molar-refractivity contribution in [2.45, 2.75) is 19.6 Å². The second-order valence-corrected chi connectivity index (χ2v) is 6.78. The number of alkyl halides is 3. The fourth-order valence-corrected chi connectivity index (χ4v) is 2.72. The van der Waals surface area contributed by atoms with Crippen LogP contribution in [0.25, 0.3) is 11.1 Å². The molecule has 2 aromatic carbocycles. The van der Waals surface area contributed by atoms with Crippen LogP contribution in [0.15, 0.2) is 54.9 Å². The molecule has 34 heavy (non-hydrogen) atoms. The Morgan fingerprint density at radius 2 is 1.88 bits per heavy atom. The van der Waals surface area contributed by atoms with Crippen LogP contribution >= 0.6 is 0 Å². The van der Waals surface area contributed by atoms with Crippen LogP contribution in [0.4, 0.5) is 28.0 Å². The van der Waals surface area contributed by atoms with E-state index in [0.29, 0.717) is 18.7 Å². The third kappa shape index (κ3) is 7.50. The number of aliphatic carboxylic acids is 1. The number of aromatic nitrogens is 2. The number of carbonyl (C=O) groups is 2. The normalized spacial score (nSPS) is 10.6. The molecule has 3 N–H and O–H groups in total. The lowest BCUT2D eigenvalue weighted by molar-refractivity contribution is -0.192. The number of halogens is 4. The number of ether oxygens (including phenoxy) is 1. The number of hydrogen-bond acceptors (Lipinski definition) is 4. The molecule has 12 heteroatoms. The number of amides is 2. The third-order valence-electron chi connectivity index (χ3n) is 4.46. The summed E-state index contributed by atoms with van der Waals surface area (Å²) in [6.45, 7) is 2.75. The molecule has 0 saturated carbocycles. The number of carboxylic acids is 1. The summed E-state index contributed by atoms with van der Waals surface area (Å²) >= 11 is 0. The van der Waals surface area contributed by atoms with E-state index < -0.39 is 18.0 Å². The number of nitrogens with one attached hydrogen (secondary N) is 2. The summed E-state index contributed by atoms with van der Waals surface area (Å²) in [5, 5.41) is 16.3. The highest BCUT2D eigenvalue weighted by Gasteiger charge is 2.38. The first-order chi connectivity index (χ1) is 16.0. The first-order valence-electron chi connectivity index (χ1n) is 9.82. The molecule has 0 bridgehead atoms. The second-order valence-electron chi connectivity index (χ2n) is 6.78. The van der Waals surface area contributed by atoms with Gasteiger partial charge < -0.3 is 20.1 Å². The van der Waals surface area contributed by atoms with Crippen molar-refractivity contribution in [1.82, 2.24) is 15.1 Å². The molecule has 3 aromatic rings. The zero-order chi connectivity index (χ0) is 25.3. The quantitative estimate of drug-likeness (QED) is 0.433. The number of methoxy groups -OCH3 is 1. The van der Waals surface area contributed by atoms with Crippen molar-refractivity contribution in [3.8, 4) is 16.9 Å². The highest BCUT2D eigenvalue weighted by molar-refractivity contribution is 5.89. The summed E-state index contributed by atoms with van der Waals surface area (Å²) in [7, 11) is 1.60. The standard InChI is InChI=1S/C20H21FN4O2.C2HF3O2/c1-3-25(13-14-5-4-6-17(9-14)27-2)20(26)24-19-8-7-15(10-18(19)21)16-11-22-23-12-16;3-2(4,5)1(6)7/h4-12H,3,13H2,1-2H3,(H,22,23)(H,24,26);(H,6,7). The van der Waals surface area contributed by atoms with E-state index in [1.165, 1.54) is 6.07 Å². The smallest absolute Gasteiger partial charge is 0.490 e. The summed E-state index contributed by atoms with van der Waals surface area (Å²) in [6.07, 6.45) is -1.79. The van der Waals surface area contributed by atoms with Gasteiger partial charge in [0, 0.05) is 24.8 Å². The lowest BCUT2D eigenvalue weighted by atomic mass is 10.1. The maximum absolute atomic E-state index is 14.4. The number of aromatic amines is 1. The molecule has 0 atom stereocenters. The molecule has 0 fully saturated rings. The first-order valence-corrected chi connectivity index (χ1v) is 9.82. The molecule has 2 amide bonds. The number of carbonyl (C=O) groups excluding carboxylic acids is 1. The molecule has 0 aliphatic rings. The fraction of sp³-hybridized carbons (Fsp3) is 0.227. The minimum absolute atomic E-state index is 0.135. The Kier molecular flexibility index (Phi) is 8.99. The van der Waals surface area contributed by atoms with Crippen molar-refractivity contribution in [1.29, 1.82) is 0 Å². The summed E-state index contributed by atoms with van der Waals surface area (Å²) < 4.78 is 51.4. The SMILES string of the molecule is CCN(Cc1cccc(OC)c1)C(=O)Nc1ccc(-c2cn[nH]c2)cc1F.O=C(O)C(F)(F)F. The molecule has 1 aromatic heterocycles. The van der Waals surface area contributed by atoms with Crippen LogP contribution in [-0.2, 0) is 11.3 Å². The van der Waals surface area contributed by atoms with Crippen LogP contribution in [-0.4, -0.2) is 52.0 Å². The average molecular weight is 482 g/mol. The zero-order valence-corrected chi connectivity index (χ0v) is 18.2. The van der Waals surface area contributed by atoms with Crippen LogP contribution in [0.2, 0.25) is 0 Å². The summed E-state index contributed by atoms with van der Waals surface area (Å²) in [5.74, 6) is -2.53. The number of H-pyrrole nitrogens is 1. The molecule has 0 aliphatic heterocycles. The Balaban J connectivity index is 0.000000509. The number of anilines is 1. The predicted octanol–water partition coefficient (Wildman–Crippen LogP) is 4.91. The molecule has 182 valence electrons. The van der Waals surface area contributed by atoms with Crippen molar-refractivity contribution < 1.29 is 37.0 Å². The zero-order valence-electron chi connectivity index (χ0n) is 18.2. The molecule has 0 aliphatic carbocycles. The number of benzene rings is 2. The van der Waals surface area contributed by atoms with Gasteiger partial charge in [-0.2, -0.15) is 18.3 Å². The minimum atomic E-state index is -5.08. The number of hydrogen-bond donors (Lipinski definition) is 3. The number of rotatable bonds is 6. The summed E-state index contributed by atoms with van der Waals surface area (Å²) in [6, 6.07) is 11.8. The highest BCUT2D eigenvalue weighted by Crippen LogP contribution is 2.24. The van der Waals surface area contributed by atoms with Crippen molar-refractivity contribution in [3.05, 3.63) is 66.2 Å². The minimum Gasteiger partial charge on any atom is -0.497 e. The molecule has 0 radical (unpaired) electrons. The van der Waals surface area contributed by atoms with Crippen molar-refractivity contribution in [3.63, 3.8) is 0 Å². The van der Waals surface area contributed by atoms with Gasteiger partial charge in [0.15, 0.2) is 0 Å². The van der Waals surface area contributed by atoms with Crippen LogP contribution in [0.1, 0.15) is 12.5 Å². The Hall–Kier alpha value is -4.09. The summed E-state index contributed by atoms with van der Waals surface area (Å²) in [5.41, 5.74) is 2.53. The third-order valence-corrected chi connectivity index (χ3v) is 4.46. The highest BCUT2D eigenvalue weighted by atomic mass is 19.4. The maximum atomic E-state index is 14.4. The van der Waals surface area contributed by atoms with Crippen molar-refractivity contribution in [2.75, 3.05) is 19.0 Å². The van der Waals surface area contributed by atoms with E-state index in [2.05, 4.69) is 15.5 Å². The van der Waals surface area contributed by atoms with Crippen LogP contribution in [0.3, 0.4) is 0 Å². The first kappa shape index (κ1) is 26.2. The molecule has 3 rings (SSSR count). The molecule has 8 nitrogen and oxygen atoms in total. The lowest BCUT2D eigenvalue weighted by Crippen LogP contribution is -2.34. The second kappa shape index (κ2) is 11.7. The topological polar surface area (TPSA) is 108 Å². The van der Waals surface area contributed by atoms with Gasteiger partial charge in [0.25, 0.3) is 0 Å². The van der Waals surface area contributed by atoms with E-state index in [4.69, 9.17) is 14.6 Å². The molecular formula is C22H22F4N4O4. The molecule has 0 spiro atoms. The summed E-state index contributed by atoms with van der Waals surface area (Å²) in [4.78, 5) is 23.1. The van der Waals surface area contributed by atoms with Gasteiger partial charge in [0.2, 0.25) is 0 Å². The van der Waals surface area contributed by atoms with Crippen molar-refractivity contribution >= 4 is 17.7 Å². The van der Waals surface area contributed by atoms with E-state index in [0.717, 1.165) is 16.9 Å². The van der Waals surface area contributed by atoms with Gasteiger partial charge in [0.05, 0.1) is 19.0 Å². The lowest BCUT2D eigenvalue weighted by Gasteiger charge is -2.22. The van der Waals surface area contributed by atoms with Crippen LogP contribution in [0, 0.1) is 5.82 Å². The molecule has 1 heterocycles. The van der Waals surface area contributed by atoms with Crippen LogP contribution in [0.5, 0.6) is 5.75 Å². The monoisotopic (exact) mass is 482 g/mol. The molecule has 0 saturated heterocycles. The van der Waals surface area contributed by atoms with Gasteiger partial charge in [-0.25, -0.2) is 14.0 Å². The largest absolute Gasteiger partial charge is 0.497 e.